The molecule has 0 saturated carbocycles. The molecule has 1 amide bonds. The molecule has 0 radical (unpaired) electrons. The van der Waals surface area contributed by atoms with Crippen LogP contribution in [0.5, 0.6) is 11.5 Å². The number of hydrogen-bond acceptors (Lipinski definition) is 5. The molecular formula is C18H18ClN3O3. The fourth-order valence-electron chi connectivity index (χ4n) is 3.08. The lowest BCUT2D eigenvalue weighted by Gasteiger charge is -2.21. The van der Waals surface area contributed by atoms with Gasteiger partial charge in [-0.1, -0.05) is 23.7 Å². The van der Waals surface area contributed by atoms with Crippen LogP contribution in [0.25, 0.3) is 0 Å². The van der Waals surface area contributed by atoms with Gasteiger partial charge < -0.3 is 14.8 Å². The van der Waals surface area contributed by atoms with Crippen LogP contribution in [-0.2, 0) is 4.79 Å². The van der Waals surface area contributed by atoms with E-state index in [0.29, 0.717) is 42.0 Å². The summed E-state index contributed by atoms with van der Waals surface area (Å²) in [7, 11) is 0. The summed E-state index contributed by atoms with van der Waals surface area (Å²) < 4.78 is 11.1. The number of halogens is 1. The van der Waals surface area contributed by atoms with Gasteiger partial charge in [-0.25, -0.2) is 5.43 Å². The maximum atomic E-state index is 12.7. The molecule has 130 valence electrons. The van der Waals surface area contributed by atoms with Crippen LogP contribution in [0.15, 0.2) is 42.5 Å². The van der Waals surface area contributed by atoms with E-state index in [2.05, 4.69) is 16.2 Å². The lowest BCUT2D eigenvalue weighted by atomic mass is 9.94. The van der Waals surface area contributed by atoms with Gasteiger partial charge in [0, 0.05) is 23.3 Å². The van der Waals surface area contributed by atoms with Crippen molar-refractivity contribution in [2.45, 2.75) is 6.04 Å². The Balaban J connectivity index is 1.49. The summed E-state index contributed by atoms with van der Waals surface area (Å²) in [5.41, 5.74) is 7.93. The molecule has 2 atom stereocenters. The normalized spacial score (nSPS) is 21.8. The van der Waals surface area contributed by atoms with Crippen molar-refractivity contribution in [1.29, 1.82) is 0 Å². The highest BCUT2D eigenvalue weighted by atomic mass is 35.5. The maximum Gasteiger partial charge on any atom is 0.230 e. The first kappa shape index (κ1) is 16.2. The van der Waals surface area contributed by atoms with Gasteiger partial charge in [0.15, 0.2) is 11.5 Å². The molecule has 0 aliphatic carbocycles. The molecule has 0 spiro atoms. The predicted octanol–water partition coefficient (Wildman–Crippen LogP) is 2.51. The zero-order chi connectivity index (χ0) is 17.2. The number of hydrazine groups is 1. The lowest BCUT2D eigenvalue weighted by Crippen LogP contribution is -2.29. The summed E-state index contributed by atoms with van der Waals surface area (Å²) >= 11 is 5.95. The van der Waals surface area contributed by atoms with E-state index in [1.807, 2.05) is 36.4 Å². The number of nitrogens with one attached hydrogen (secondary N) is 3. The Morgan fingerprint density at radius 2 is 1.84 bits per heavy atom. The second-order valence-electron chi connectivity index (χ2n) is 6.01. The number of fused-ring (bicyclic) bond motifs is 1. The molecule has 7 heteroatoms. The number of benzene rings is 2. The minimum absolute atomic E-state index is 0.0610. The zero-order valence-electron chi connectivity index (χ0n) is 13.4. The summed E-state index contributed by atoms with van der Waals surface area (Å²) in [4.78, 5) is 12.7. The van der Waals surface area contributed by atoms with Gasteiger partial charge in [0.05, 0.1) is 12.0 Å². The van der Waals surface area contributed by atoms with Crippen LogP contribution in [0, 0.1) is 5.92 Å². The van der Waals surface area contributed by atoms with Gasteiger partial charge in [0.1, 0.15) is 13.2 Å². The van der Waals surface area contributed by atoms with Crippen molar-refractivity contribution in [3.05, 3.63) is 53.1 Å². The van der Waals surface area contributed by atoms with Gasteiger partial charge in [-0.2, -0.15) is 0 Å². The first-order valence-corrected chi connectivity index (χ1v) is 8.53. The quantitative estimate of drug-likeness (QED) is 0.785. The average molecular weight is 360 g/mol. The highest BCUT2D eigenvalue weighted by Crippen LogP contribution is 2.33. The van der Waals surface area contributed by atoms with Crippen LogP contribution in [0.4, 0.5) is 5.69 Å². The minimum Gasteiger partial charge on any atom is -0.486 e. The van der Waals surface area contributed by atoms with E-state index in [-0.39, 0.29) is 17.9 Å². The van der Waals surface area contributed by atoms with Crippen LogP contribution in [0.1, 0.15) is 11.6 Å². The molecule has 0 bridgehead atoms. The van der Waals surface area contributed by atoms with Crippen molar-refractivity contribution in [3.63, 3.8) is 0 Å². The molecule has 0 aromatic heterocycles. The van der Waals surface area contributed by atoms with Crippen molar-refractivity contribution in [1.82, 2.24) is 10.9 Å². The monoisotopic (exact) mass is 359 g/mol. The van der Waals surface area contributed by atoms with Crippen LogP contribution in [0.2, 0.25) is 5.02 Å². The first-order valence-electron chi connectivity index (χ1n) is 8.15. The average Bonchev–Trinajstić information content (AvgIpc) is 3.12. The van der Waals surface area contributed by atoms with Crippen LogP contribution in [-0.4, -0.2) is 25.7 Å². The van der Waals surface area contributed by atoms with Gasteiger partial charge in [-0.3, -0.25) is 10.2 Å². The Bertz CT molecular complexity index is 782. The molecule has 1 fully saturated rings. The molecule has 6 nitrogen and oxygen atoms in total. The SMILES string of the molecule is O=C(Nc1ccc2c(c1)OCCO2)C1CNNC1c1ccc(Cl)cc1. The molecule has 1 saturated heterocycles. The highest BCUT2D eigenvalue weighted by Gasteiger charge is 2.34. The number of amides is 1. The Kier molecular flexibility index (Phi) is 4.48. The van der Waals surface area contributed by atoms with E-state index in [9.17, 15) is 4.79 Å². The smallest absolute Gasteiger partial charge is 0.230 e. The summed E-state index contributed by atoms with van der Waals surface area (Å²) in [5.74, 6) is 1.05. The molecular weight excluding hydrogens is 342 g/mol. The van der Waals surface area contributed by atoms with Gasteiger partial charge >= 0.3 is 0 Å². The number of hydrogen-bond donors (Lipinski definition) is 3. The summed E-state index contributed by atoms with van der Waals surface area (Å²) in [5, 5.41) is 3.64. The van der Waals surface area contributed by atoms with E-state index in [1.165, 1.54) is 0 Å². The van der Waals surface area contributed by atoms with Crippen molar-refractivity contribution in [2.75, 3.05) is 25.1 Å². The predicted molar refractivity (Wildman–Crippen MR) is 94.9 cm³/mol. The molecule has 2 aromatic carbocycles. The van der Waals surface area contributed by atoms with E-state index in [0.717, 1.165) is 5.56 Å². The third-order valence-corrected chi connectivity index (χ3v) is 4.61. The van der Waals surface area contributed by atoms with Crippen molar-refractivity contribution in [3.8, 4) is 11.5 Å². The topological polar surface area (TPSA) is 71.6 Å². The third-order valence-electron chi connectivity index (χ3n) is 4.36. The summed E-state index contributed by atoms with van der Waals surface area (Å²) in [6.45, 7) is 1.60. The van der Waals surface area contributed by atoms with Crippen molar-refractivity contribution >= 4 is 23.2 Å². The fourth-order valence-corrected chi connectivity index (χ4v) is 3.21. The maximum absolute atomic E-state index is 12.7. The van der Waals surface area contributed by atoms with Gasteiger partial charge in [-0.05, 0) is 29.8 Å². The molecule has 3 N–H and O–H groups in total. The van der Waals surface area contributed by atoms with E-state index < -0.39 is 0 Å². The molecule has 4 rings (SSSR count). The lowest BCUT2D eigenvalue weighted by molar-refractivity contribution is -0.119. The summed E-state index contributed by atoms with van der Waals surface area (Å²) in [6, 6.07) is 12.8. The first-order chi connectivity index (χ1) is 12.2. The van der Waals surface area contributed by atoms with Crippen LogP contribution in [0.3, 0.4) is 0 Å². The van der Waals surface area contributed by atoms with Crippen molar-refractivity contribution < 1.29 is 14.3 Å². The van der Waals surface area contributed by atoms with Crippen LogP contribution >= 0.6 is 11.6 Å². The van der Waals surface area contributed by atoms with Gasteiger partial charge in [0.2, 0.25) is 5.91 Å². The number of ether oxygens (including phenoxy) is 2. The third kappa shape index (κ3) is 3.42. The molecule has 2 aliphatic rings. The van der Waals surface area contributed by atoms with Crippen molar-refractivity contribution in [2.24, 2.45) is 5.92 Å². The number of carbonyl (C=O) groups excluding carboxylic acids is 1. The molecule has 2 unspecified atom stereocenters. The second kappa shape index (κ2) is 6.92. The molecule has 25 heavy (non-hydrogen) atoms. The molecule has 2 aromatic rings. The number of anilines is 1. The fraction of sp³-hybridized carbons (Fsp3) is 0.278. The highest BCUT2D eigenvalue weighted by molar-refractivity contribution is 6.30. The number of carbonyl (C=O) groups is 1. The molecule has 2 aliphatic heterocycles. The van der Waals surface area contributed by atoms with Gasteiger partial charge in [-0.15, -0.1) is 0 Å². The second-order valence-corrected chi connectivity index (χ2v) is 6.45. The Morgan fingerprint density at radius 1 is 1.08 bits per heavy atom. The summed E-state index contributed by atoms with van der Waals surface area (Å²) in [6.07, 6.45) is 0. The Morgan fingerprint density at radius 3 is 2.64 bits per heavy atom. The van der Waals surface area contributed by atoms with E-state index >= 15 is 0 Å². The molecule has 2 heterocycles. The van der Waals surface area contributed by atoms with E-state index in [4.69, 9.17) is 21.1 Å². The standard InChI is InChI=1S/C18H18ClN3O3/c19-12-3-1-11(2-4-12)17-14(10-20-22-17)18(23)21-13-5-6-15-16(9-13)25-8-7-24-15/h1-6,9,14,17,20,22H,7-8,10H2,(H,21,23). The van der Waals surface area contributed by atoms with E-state index in [1.54, 1.807) is 6.07 Å². The Labute approximate surface area is 150 Å². The van der Waals surface area contributed by atoms with Crippen LogP contribution < -0.4 is 25.6 Å². The minimum atomic E-state index is -0.241. The number of rotatable bonds is 3. The van der Waals surface area contributed by atoms with Gasteiger partial charge in [0.25, 0.3) is 0 Å². The zero-order valence-corrected chi connectivity index (χ0v) is 14.2. The largest absolute Gasteiger partial charge is 0.486 e. The Hall–Kier alpha value is -2.28.